The summed E-state index contributed by atoms with van der Waals surface area (Å²) in [4.78, 5) is 14.3. The molecule has 1 atom stereocenters. The van der Waals surface area contributed by atoms with E-state index >= 15 is 0 Å². The molecule has 0 aliphatic rings. The van der Waals surface area contributed by atoms with Gasteiger partial charge in [0.25, 0.3) is 5.22 Å². The van der Waals surface area contributed by atoms with Crippen molar-refractivity contribution in [1.29, 1.82) is 0 Å². The van der Waals surface area contributed by atoms with Crippen LogP contribution >= 0.6 is 11.8 Å². The quantitative estimate of drug-likeness (QED) is 0.630. The molecule has 0 N–H and O–H groups in total. The average molecular weight is 353 g/mol. The largest absolute Gasteiger partial charge is 0.411 e. The highest BCUT2D eigenvalue weighted by molar-refractivity contribution is 8.00. The molecule has 25 heavy (non-hydrogen) atoms. The summed E-state index contributed by atoms with van der Waals surface area (Å²) in [6.45, 7) is 2.42. The van der Waals surface area contributed by atoms with E-state index in [1.54, 1.807) is 11.9 Å². The predicted molar refractivity (Wildman–Crippen MR) is 98.0 cm³/mol. The van der Waals surface area contributed by atoms with Gasteiger partial charge in [-0.25, -0.2) is 0 Å². The predicted octanol–water partition coefficient (Wildman–Crippen LogP) is 3.88. The third kappa shape index (κ3) is 4.48. The van der Waals surface area contributed by atoms with Gasteiger partial charge in [0.15, 0.2) is 0 Å². The van der Waals surface area contributed by atoms with Crippen LogP contribution in [0.3, 0.4) is 0 Å². The van der Waals surface area contributed by atoms with Gasteiger partial charge in [0.2, 0.25) is 11.8 Å². The summed E-state index contributed by atoms with van der Waals surface area (Å²) in [5, 5.41) is 8.17. The molecule has 0 radical (unpaired) electrons. The van der Waals surface area contributed by atoms with Gasteiger partial charge in [-0.3, -0.25) is 4.79 Å². The first kappa shape index (κ1) is 17.2. The van der Waals surface area contributed by atoms with Crippen LogP contribution in [-0.2, 0) is 11.3 Å². The maximum Gasteiger partial charge on any atom is 0.277 e. The van der Waals surface area contributed by atoms with Gasteiger partial charge >= 0.3 is 0 Å². The van der Waals surface area contributed by atoms with E-state index in [0.29, 0.717) is 17.7 Å². The van der Waals surface area contributed by atoms with Gasteiger partial charge < -0.3 is 9.32 Å². The highest BCUT2D eigenvalue weighted by Crippen LogP contribution is 2.26. The van der Waals surface area contributed by atoms with Crippen LogP contribution in [0.5, 0.6) is 0 Å². The van der Waals surface area contributed by atoms with Crippen LogP contribution in [-0.4, -0.2) is 33.3 Å². The van der Waals surface area contributed by atoms with Crippen LogP contribution < -0.4 is 0 Å². The first-order valence-corrected chi connectivity index (χ1v) is 8.86. The van der Waals surface area contributed by atoms with Crippen LogP contribution in [0, 0.1) is 0 Å². The van der Waals surface area contributed by atoms with Crippen molar-refractivity contribution < 1.29 is 9.21 Å². The second-order valence-corrected chi connectivity index (χ2v) is 6.97. The lowest BCUT2D eigenvalue weighted by Crippen LogP contribution is -2.32. The van der Waals surface area contributed by atoms with E-state index in [2.05, 4.69) is 10.2 Å². The van der Waals surface area contributed by atoms with E-state index in [9.17, 15) is 4.79 Å². The molecular weight excluding hydrogens is 334 g/mol. The zero-order chi connectivity index (χ0) is 17.6. The fourth-order valence-electron chi connectivity index (χ4n) is 2.40. The number of thioether (sulfide) groups is 1. The molecule has 0 saturated carbocycles. The van der Waals surface area contributed by atoms with Crippen molar-refractivity contribution >= 4 is 17.7 Å². The summed E-state index contributed by atoms with van der Waals surface area (Å²) in [6, 6.07) is 19.5. The molecule has 0 unspecified atom stereocenters. The molecule has 0 aliphatic heterocycles. The molecule has 1 heterocycles. The molecule has 0 spiro atoms. The van der Waals surface area contributed by atoms with Gasteiger partial charge in [-0.05, 0) is 24.6 Å². The highest BCUT2D eigenvalue weighted by Gasteiger charge is 2.21. The number of hydrogen-bond donors (Lipinski definition) is 0. The third-order valence-corrected chi connectivity index (χ3v) is 4.61. The van der Waals surface area contributed by atoms with Crippen molar-refractivity contribution in [3.63, 3.8) is 0 Å². The van der Waals surface area contributed by atoms with Crippen LogP contribution in [0.1, 0.15) is 12.5 Å². The molecule has 1 aromatic heterocycles. The smallest absolute Gasteiger partial charge is 0.277 e. The van der Waals surface area contributed by atoms with Gasteiger partial charge in [0.1, 0.15) is 0 Å². The Morgan fingerprint density at radius 1 is 1.08 bits per heavy atom. The number of benzene rings is 2. The second-order valence-electron chi connectivity index (χ2n) is 5.68. The number of hydrogen-bond acceptors (Lipinski definition) is 5. The fourth-order valence-corrected chi connectivity index (χ4v) is 3.20. The number of aromatic nitrogens is 2. The van der Waals surface area contributed by atoms with E-state index in [4.69, 9.17) is 4.42 Å². The summed E-state index contributed by atoms with van der Waals surface area (Å²) < 4.78 is 5.66. The summed E-state index contributed by atoms with van der Waals surface area (Å²) in [7, 11) is 1.80. The Balaban J connectivity index is 1.61. The molecule has 2 aromatic carbocycles. The molecule has 5 nitrogen and oxygen atoms in total. The first-order valence-electron chi connectivity index (χ1n) is 7.98. The molecular formula is C19H19N3O2S. The Bertz CT molecular complexity index is 821. The molecule has 6 heteroatoms. The zero-order valence-corrected chi connectivity index (χ0v) is 14.9. The van der Waals surface area contributed by atoms with E-state index in [0.717, 1.165) is 11.1 Å². The summed E-state index contributed by atoms with van der Waals surface area (Å²) in [5.41, 5.74) is 1.96. The summed E-state index contributed by atoms with van der Waals surface area (Å²) in [6.07, 6.45) is 0. The molecule has 3 aromatic rings. The first-order chi connectivity index (χ1) is 12.1. The number of carbonyl (C=O) groups is 1. The molecule has 0 bridgehead atoms. The lowest BCUT2D eigenvalue weighted by Gasteiger charge is -2.20. The SMILES string of the molecule is C[C@H](Sc1nnc(-c2ccccc2)o1)C(=O)N(C)Cc1ccccc1. The Labute approximate surface area is 151 Å². The van der Waals surface area contributed by atoms with Crippen molar-refractivity contribution in [1.82, 2.24) is 15.1 Å². The minimum atomic E-state index is -0.308. The Hall–Kier alpha value is -2.60. The topological polar surface area (TPSA) is 59.2 Å². The minimum Gasteiger partial charge on any atom is -0.411 e. The lowest BCUT2D eigenvalue weighted by molar-refractivity contribution is -0.129. The van der Waals surface area contributed by atoms with E-state index in [1.807, 2.05) is 67.6 Å². The minimum absolute atomic E-state index is 0.0216. The Morgan fingerprint density at radius 2 is 1.72 bits per heavy atom. The highest BCUT2D eigenvalue weighted by atomic mass is 32.2. The van der Waals surface area contributed by atoms with Crippen molar-refractivity contribution in [2.45, 2.75) is 23.9 Å². The van der Waals surface area contributed by atoms with Gasteiger partial charge in [-0.15, -0.1) is 10.2 Å². The van der Waals surface area contributed by atoms with Gasteiger partial charge in [0, 0.05) is 19.2 Å². The number of carbonyl (C=O) groups excluding carboxylic acids is 1. The average Bonchev–Trinajstić information content (AvgIpc) is 3.11. The number of amides is 1. The normalized spacial score (nSPS) is 11.9. The third-order valence-electron chi connectivity index (χ3n) is 3.69. The van der Waals surface area contributed by atoms with Crippen molar-refractivity contribution in [3.8, 4) is 11.5 Å². The zero-order valence-electron chi connectivity index (χ0n) is 14.1. The fraction of sp³-hybridized carbons (Fsp3) is 0.211. The van der Waals surface area contributed by atoms with Crippen LogP contribution in [0.25, 0.3) is 11.5 Å². The van der Waals surface area contributed by atoms with Crippen LogP contribution in [0.15, 0.2) is 70.3 Å². The maximum absolute atomic E-state index is 12.5. The monoisotopic (exact) mass is 353 g/mol. The summed E-state index contributed by atoms with van der Waals surface area (Å²) >= 11 is 1.27. The van der Waals surface area contributed by atoms with E-state index in [1.165, 1.54) is 11.8 Å². The van der Waals surface area contributed by atoms with Gasteiger partial charge in [0.05, 0.1) is 5.25 Å². The number of nitrogens with zero attached hydrogens (tertiary/aromatic N) is 3. The molecule has 0 fully saturated rings. The molecule has 128 valence electrons. The standard InChI is InChI=1S/C19H19N3O2S/c1-14(18(23)22(2)13-15-9-5-3-6-10-15)25-19-21-20-17(24-19)16-11-7-4-8-12-16/h3-12,14H,13H2,1-2H3/t14-/m0/s1. The van der Waals surface area contributed by atoms with Crippen LogP contribution in [0.4, 0.5) is 0 Å². The van der Waals surface area contributed by atoms with Crippen molar-refractivity contribution in [2.24, 2.45) is 0 Å². The maximum atomic E-state index is 12.5. The van der Waals surface area contributed by atoms with Crippen molar-refractivity contribution in [3.05, 3.63) is 66.2 Å². The van der Waals surface area contributed by atoms with Crippen molar-refractivity contribution in [2.75, 3.05) is 7.05 Å². The molecule has 0 aliphatic carbocycles. The molecule has 0 saturated heterocycles. The number of rotatable bonds is 6. The van der Waals surface area contributed by atoms with Gasteiger partial charge in [-0.2, -0.15) is 0 Å². The lowest BCUT2D eigenvalue weighted by atomic mass is 10.2. The van der Waals surface area contributed by atoms with E-state index < -0.39 is 0 Å². The summed E-state index contributed by atoms with van der Waals surface area (Å²) in [5.74, 6) is 0.480. The second kappa shape index (κ2) is 7.98. The molecule has 1 amide bonds. The van der Waals surface area contributed by atoms with Gasteiger partial charge in [-0.1, -0.05) is 60.3 Å². The van der Waals surface area contributed by atoms with E-state index in [-0.39, 0.29) is 11.2 Å². The molecule has 3 rings (SSSR count). The van der Waals surface area contributed by atoms with Crippen LogP contribution in [0.2, 0.25) is 0 Å². The Kier molecular flexibility index (Phi) is 5.50. The Morgan fingerprint density at radius 3 is 2.40 bits per heavy atom.